The molecule has 1 aromatic heterocycles. The zero-order valence-corrected chi connectivity index (χ0v) is 19.0. The summed E-state index contributed by atoms with van der Waals surface area (Å²) in [5.41, 5.74) is 1.17. The van der Waals surface area contributed by atoms with Crippen LogP contribution in [0.3, 0.4) is 0 Å². The number of morpholine rings is 1. The van der Waals surface area contributed by atoms with Crippen molar-refractivity contribution in [2.24, 2.45) is 5.92 Å². The van der Waals surface area contributed by atoms with Crippen molar-refractivity contribution in [2.45, 2.75) is 31.6 Å². The van der Waals surface area contributed by atoms with Crippen molar-refractivity contribution in [1.82, 2.24) is 14.5 Å². The van der Waals surface area contributed by atoms with E-state index < -0.39 is 10.0 Å². The number of furan rings is 1. The lowest BCUT2D eigenvalue weighted by atomic mass is 10.0. The number of nitrogens with one attached hydrogen (secondary N) is 1. The van der Waals surface area contributed by atoms with Gasteiger partial charge < -0.3 is 14.5 Å². The van der Waals surface area contributed by atoms with Crippen LogP contribution in [0.1, 0.15) is 35.9 Å². The minimum Gasteiger partial charge on any atom is -0.451 e. The van der Waals surface area contributed by atoms with Gasteiger partial charge in [0.2, 0.25) is 10.0 Å². The summed E-state index contributed by atoms with van der Waals surface area (Å²) in [7, 11) is -3.56. The Morgan fingerprint density at radius 3 is 2.58 bits per heavy atom. The Morgan fingerprint density at radius 1 is 1.16 bits per heavy atom. The zero-order valence-electron chi connectivity index (χ0n) is 18.2. The SMILES string of the molecule is Cc1c(C(=O)NCCN2CCOCC2)oc2ccc(S(=O)(=O)N3CCC(C)CC3)cc12. The number of carbonyl (C=O) groups is 1. The molecular weight excluding hydrogens is 418 g/mol. The molecule has 2 aromatic rings. The van der Waals surface area contributed by atoms with Gasteiger partial charge in [0.05, 0.1) is 18.1 Å². The van der Waals surface area contributed by atoms with Crippen molar-refractivity contribution in [3.05, 3.63) is 29.5 Å². The number of ether oxygens (including phenoxy) is 1. The lowest BCUT2D eigenvalue weighted by Crippen LogP contribution is -2.41. The highest BCUT2D eigenvalue weighted by Gasteiger charge is 2.29. The highest BCUT2D eigenvalue weighted by molar-refractivity contribution is 7.89. The molecule has 1 aromatic carbocycles. The van der Waals surface area contributed by atoms with Gasteiger partial charge in [0, 0.05) is 50.2 Å². The number of aryl methyl sites for hydroxylation is 1. The van der Waals surface area contributed by atoms with E-state index in [4.69, 9.17) is 9.15 Å². The number of amides is 1. The van der Waals surface area contributed by atoms with Crippen molar-refractivity contribution >= 4 is 26.9 Å². The van der Waals surface area contributed by atoms with Gasteiger partial charge in [0.25, 0.3) is 5.91 Å². The van der Waals surface area contributed by atoms with Crippen molar-refractivity contribution in [2.75, 3.05) is 52.5 Å². The predicted molar refractivity (Wildman–Crippen MR) is 118 cm³/mol. The quantitative estimate of drug-likeness (QED) is 0.727. The fourth-order valence-electron chi connectivity index (χ4n) is 4.18. The van der Waals surface area contributed by atoms with Crippen molar-refractivity contribution in [3.63, 3.8) is 0 Å². The molecule has 0 atom stereocenters. The molecular formula is C22H31N3O5S. The van der Waals surface area contributed by atoms with Crippen molar-refractivity contribution in [3.8, 4) is 0 Å². The smallest absolute Gasteiger partial charge is 0.287 e. The molecule has 3 heterocycles. The first-order valence-electron chi connectivity index (χ1n) is 11.0. The standard InChI is InChI=1S/C22H31N3O5S/c1-16-5-8-25(9-6-16)31(27,28)18-3-4-20-19(15-18)17(2)21(30-20)22(26)23-7-10-24-11-13-29-14-12-24/h3-4,15-16H,5-14H2,1-2H3,(H,23,26). The summed E-state index contributed by atoms with van der Waals surface area (Å²) in [5.74, 6) is 0.504. The van der Waals surface area contributed by atoms with Crippen LogP contribution in [0.15, 0.2) is 27.5 Å². The van der Waals surface area contributed by atoms with E-state index in [0.29, 0.717) is 42.1 Å². The Bertz CT molecular complexity index is 1030. The molecule has 0 bridgehead atoms. The van der Waals surface area contributed by atoms with Gasteiger partial charge in [-0.2, -0.15) is 4.31 Å². The van der Waals surface area contributed by atoms with Crippen LogP contribution in [0.25, 0.3) is 11.0 Å². The average Bonchev–Trinajstić information content (AvgIpc) is 3.11. The lowest BCUT2D eigenvalue weighted by Gasteiger charge is -2.29. The molecule has 2 aliphatic heterocycles. The first-order chi connectivity index (χ1) is 14.9. The molecule has 0 unspecified atom stereocenters. The lowest BCUT2D eigenvalue weighted by molar-refractivity contribution is 0.0382. The van der Waals surface area contributed by atoms with Gasteiger partial charge in [-0.25, -0.2) is 8.42 Å². The average molecular weight is 450 g/mol. The number of piperidine rings is 1. The van der Waals surface area contributed by atoms with Crippen molar-refractivity contribution < 1.29 is 22.4 Å². The predicted octanol–water partition coefficient (Wildman–Crippen LogP) is 2.22. The van der Waals surface area contributed by atoms with E-state index in [2.05, 4.69) is 17.1 Å². The van der Waals surface area contributed by atoms with E-state index in [9.17, 15) is 13.2 Å². The summed E-state index contributed by atoms with van der Waals surface area (Å²) in [6.45, 7) is 9.48. The molecule has 2 fully saturated rings. The van der Waals surface area contributed by atoms with Gasteiger partial charge >= 0.3 is 0 Å². The number of hydrogen-bond acceptors (Lipinski definition) is 6. The number of nitrogens with zero attached hydrogens (tertiary/aromatic N) is 2. The molecule has 0 aliphatic carbocycles. The molecule has 0 radical (unpaired) electrons. The van der Waals surface area contributed by atoms with Crippen molar-refractivity contribution in [1.29, 1.82) is 0 Å². The minimum atomic E-state index is -3.56. The second-order valence-corrected chi connectivity index (χ2v) is 10.4. The summed E-state index contributed by atoms with van der Waals surface area (Å²) >= 11 is 0. The normalized spacial score (nSPS) is 19.7. The Balaban J connectivity index is 1.48. The maximum absolute atomic E-state index is 13.1. The van der Waals surface area contributed by atoms with Crippen LogP contribution in [-0.2, 0) is 14.8 Å². The summed E-state index contributed by atoms with van der Waals surface area (Å²) < 4.78 is 38.8. The zero-order chi connectivity index (χ0) is 22.0. The fourth-order valence-corrected chi connectivity index (χ4v) is 5.68. The highest BCUT2D eigenvalue weighted by atomic mass is 32.2. The first-order valence-corrected chi connectivity index (χ1v) is 12.4. The van der Waals surface area contributed by atoms with Crippen LogP contribution in [0.4, 0.5) is 0 Å². The second-order valence-electron chi connectivity index (χ2n) is 8.51. The third-order valence-electron chi connectivity index (χ3n) is 6.31. The summed E-state index contributed by atoms with van der Waals surface area (Å²) in [6, 6.07) is 4.84. The van der Waals surface area contributed by atoms with Gasteiger partial charge in [-0.05, 0) is 43.9 Å². The number of hydrogen-bond donors (Lipinski definition) is 1. The molecule has 1 N–H and O–H groups in total. The Morgan fingerprint density at radius 2 is 1.87 bits per heavy atom. The van der Waals surface area contributed by atoms with E-state index in [1.165, 1.54) is 0 Å². The maximum Gasteiger partial charge on any atom is 0.287 e. The van der Waals surface area contributed by atoms with Gasteiger partial charge in [0.1, 0.15) is 5.58 Å². The highest BCUT2D eigenvalue weighted by Crippen LogP contribution is 2.30. The fraction of sp³-hybridized carbons (Fsp3) is 0.591. The molecule has 8 nitrogen and oxygen atoms in total. The van der Waals surface area contributed by atoms with Gasteiger partial charge in [-0.1, -0.05) is 6.92 Å². The van der Waals surface area contributed by atoms with E-state index in [1.807, 2.05) is 0 Å². The molecule has 0 saturated carbocycles. The number of rotatable bonds is 6. The van der Waals surface area contributed by atoms with Gasteiger partial charge in [-0.3, -0.25) is 9.69 Å². The van der Waals surface area contributed by atoms with Gasteiger partial charge in [-0.15, -0.1) is 0 Å². The first kappa shape index (κ1) is 22.3. The van der Waals surface area contributed by atoms with Gasteiger partial charge in [0.15, 0.2) is 5.76 Å². The molecule has 2 saturated heterocycles. The Hall–Kier alpha value is -1.94. The van der Waals surface area contributed by atoms with E-state index in [1.54, 1.807) is 29.4 Å². The number of sulfonamides is 1. The van der Waals surface area contributed by atoms with Crippen LogP contribution in [0.5, 0.6) is 0 Å². The topological polar surface area (TPSA) is 92.1 Å². The third kappa shape index (κ3) is 4.79. The van der Waals surface area contributed by atoms with Crippen LogP contribution in [0.2, 0.25) is 0 Å². The van der Waals surface area contributed by atoms with Crippen LogP contribution >= 0.6 is 0 Å². The molecule has 2 aliphatic rings. The number of benzene rings is 1. The summed E-state index contributed by atoms with van der Waals surface area (Å²) in [5, 5.41) is 3.56. The Labute approximate surface area is 183 Å². The van der Waals surface area contributed by atoms with Crippen LogP contribution in [-0.4, -0.2) is 76.0 Å². The van der Waals surface area contributed by atoms with Crippen LogP contribution in [0, 0.1) is 12.8 Å². The molecule has 1 amide bonds. The van der Waals surface area contributed by atoms with E-state index >= 15 is 0 Å². The summed E-state index contributed by atoms with van der Waals surface area (Å²) in [4.78, 5) is 15.2. The minimum absolute atomic E-state index is 0.235. The van der Waals surface area contributed by atoms with E-state index in [0.717, 1.165) is 45.7 Å². The Kier molecular flexibility index (Phi) is 6.66. The third-order valence-corrected chi connectivity index (χ3v) is 8.21. The molecule has 31 heavy (non-hydrogen) atoms. The monoisotopic (exact) mass is 449 g/mol. The number of carbonyl (C=O) groups excluding carboxylic acids is 1. The summed E-state index contributed by atoms with van der Waals surface area (Å²) in [6.07, 6.45) is 1.75. The maximum atomic E-state index is 13.1. The largest absolute Gasteiger partial charge is 0.451 e. The molecule has 170 valence electrons. The number of fused-ring (bicyclic) bond motifs is 1. The molecule has 9 heteroatoms. The van der Waals surface area contributed by atoms with Crippen LogP contribution < -0.4 is 5.32 Å². The molecule has 4 rings (SSSR count). The van der Waals surface area contributed by atoms with E-state index in [-0.39, 0.29) is 16.6 Å². The second kappa shape index (κ2) is 9.28. The molecule has 0 spiro atoms.